The van der Waals surface area contributed by atoms with Gasteiger partial charge < -0.3 is 5.73 Å². The zero-order chi connectivity index (χ0) is 10.1. The van der Waals surface area contributed by atoms with Gasteiger partial charge in [0.1, 0.15) is 5.82 Å². The van der Waals surface area contributed by atoms with Gasteiger partial charge in [0.2, 0.25) is 0 Å². The second-order valence-corrected chi connectivity index (χ2v) is 4.35. The second-order valence-electron chi connectivity index (χ2n) is 3.25. The first-order valence-electron chi connectivity index (χ1n) is 4.43. The third kappa shape index (κ3) is 1.62. The number of nitrogen functional groups attached to an aromatic ring is 1. The highest BCUT2D eigenvalue weighted by Crippen LogP contribution is 2.34. The number of benzene rings is 1. The molecule has 0 bridgehead atoms. The maximum atomic E-state index is 13.0. The van der Waals surface area contributed by atoms with Crippen molar-refractivity contribution in [2.24, 2.45) is 0 Å². The van der Waals surface area contributed by atoms with Crippen molar-refractivity contribution < 1.29 is 9.18 Å². The van der Waals surface area contributed by atoms with Crippen LogP contribution in [0.15, 0.2) is 17.0 Å². The van der Waals surface area contributed by atoms with Crippen molar-refractivity contribution in [3.63, 3.8) is 0 Å². The molecular formula is C10H10FNOS. The van der Waals surface area contributed by atoms with E-state index in [-0.39, 0.29) is 5.78 Å². The van der Waals surface area contributed by atoms with Crippen molar-refractivity contribution in [1.82, 2.24) is 0 Å². The molecule has 0 aromatic heterocycles. The second kappa shape index (κ2) is 3.61. The molecule has 0 spiro atoms. The molecule has 0 radical (unpaired) electrons. The van der Waals surface area contributed by atoms with Gasteiger partial charge in [-0.2, -0.15) is 0 Å². The summed E-state index contributed by atoms with van der Waals surface area (Å²) in [5.74, 6) is 0.433. The number of carbonyl (C=O) groups excluding carboxylic acids is 1. The molecule has 1 aromatic carbocycles. The van der Waals surface area contributed by atoms with Gasteiger partial charge in [0.15, 0.2) is 5.78 Å². The van der Waals surface area contributed by atoms with Crippen molar-refractivity contribution in [2.45, 2.75) is 17.7 Å². The van der Waals surface area contributed by atoms with Crippen molar-refractivity contribution >= 4 is 23.2 Å². The highest BCUT2D eigenvalue weighted by molar-refractivity contribution is 7.99. The molecule has 0 atom stereocenters. The number of anilines is 1. The average Bonchev–Trinajstić information content (AvgIpc) is 2.29. The standard InChI is InChI=1S/C10H10FNOS/c11-6-4-7-9(13)2-1-3-14-10(7)8(12)5-6/h4-5H,1-3,12H2. The Morgan fingerprint density at radius 1 is 1.43 bits per heavy atom. The SMILES string of the molecule is Nc1cc(F)cc2c1SCCCC2=O. The predicted octanol–water partition coefficient (Wildman–Crippen LogP) is 2.48. The van der Waals surface area contributed by atoms with Crippen LogP contribution in [0.25, 0.3) is 0 Å². The van der Waals surface area contributed by atoms with Gasteiger partial charge >= 0.3 is 0 Å². The Labute approximate surface area is 85.7 Å². The molecule has 0 saturated carbocycles. The van der Waals surface area contributed by atoms with Crippen LogP contribution in [-0.4, -0.2) is 11.5 Å². The number of hydrogen-bond acceptors (Lipinski definition) is 3. The Bertz CT molecular complexity index is 392. The van der Waals surface area contributed by atoms with E-state index < -0.39 is 5.82 Å². The molecular weight excluding hydrogens is 201 g/mol. The van der Waals surface area contributed by atoms with E-state index in [9.17, 15) is 9.18 Å². The molecule has 14 heavy (non-hydrogen) atoms. The van der Waals surface area contributed by atoms with Crippen molar-refractivity contribution in [3.05, 3.63) is 23.5 Å². The number of thioether (sulfide) groups is 1. The first-order chi connectivity index (χ1) is 6.68. The van der Waals surface area contributed by atoms with E-state index in [2.05, 4.69) is 0 Å². The van der Waals surface area contributed by atoms with Crippen LogP contribution in [0.2, 0.25) is 0 Å². The van der Waals surface area contributed by atoms with E-state index in [4.69, 9.17) is 5.73 Å². The lowest BCUT2D eigenvalue weighted by Gasteiger charge is -2.07. The zero-order valence-corrected chi connectivity index (χ0v) is 8.36. The fourth-order valence-electron chi connectivity index (χ4n) is 1.52. The molecule has 0 unspecified atom stereocenters. The molecule has 2 N–H and O–H groups in total. The van der Waals surface area contributed by atoms with E-state index >= 15 is 0 Å². The average molecular weight is 211 g/mol. The molecule has 1 aliphatic rings. The fraction of sp³-hybridized carbons (Fsp3) is 0.300. The predicted molar refractivity (Wildman–Crippen MR) is 55.1 cm³/mol. The van der Waals surface area contributed by atoms with Gasteiger partial charge in [0.05, 0.1) is 0 Å². The molecule has 74 valence electrons. The Balaban J connectivity index is 2.58. The van der Waals surface area contributed by atoms with Crippen molar-refractivity contribution in [3.8, 4) is 0 Å². The molecule has 0 saturated heterocycles. The minimum Gasteiger partial charge on any atom is -0.398 e. The number of halogens is 1. The summed E-state index contributed by atoms with van der Waals surface area (Å²) in [5.41, 5.74) is 6.49. The van der Waals surface area contributed by atoms with E-state index in [1.807, 2.05) is 0 Å². The minimum absolute atomic E-state index is 0.00352. The summed E-state index contributed by atoms with van der Waals surface area (Å²) < 4.78 is 13.0. The topological polar surface area (TPSA) is 43.1 Å². The number of rotatable bonds is 0. The third-order valence-electron chi connectivity index (χ3n) is 2.18. The Morgan fingerprint density at radius 3 is 3.00 bits per heavy atom. The van der Waals surface area contributed by atoms with E-state index in [1.165, 1.54) is 23.9 Å². The largest absolute Gasteiger partial charge is 0.398 e. The van der Waals surface area contributed by atoms with E-state index in [0.29, 0.717) is 17.7 Å². The fourth-order valence-corrected chi connectivity index (χ4v) is 2.57. The molecule has 0 aliphatic carbocycles. The van der Waals surface area contributed by atoms with E-state index in [1.54, 1.807) is 0 Å². The van der Waals surface area contributed by atoms with Gasteiger partial charge in [-0.05, 0) is 24.3 Å². The normalized spacial score (nSPS) is 16.2. The minimum atomic E-state index is -0.433. The lowest BCUT2D eigenvalue weighted by molar-refractivity contribution is 0.0980. The third-order valence-corrected chi connectivity index (χ3v) is 3.41. The number of ketones is 1. The summed E-state index contributed by atoms with van der Waals surface area (Å²) in [6.07, 6.45) is 1.32. The summed E-state index contributed by atoms with van der Waals surface area (Å²) in [7, 11) is 0. The van der Waals surface area contributed by atoms with Gasteiger partial charge in [-0.1, -0.05) is 0 Å². The number of fused-ring (bicyclic) bond motifs is 1. The Morgan fingerprint density at radius 2 is 2.21 bits per heavy atom. The first kappa shape index (κ1) is 9.52. The van der Waals surface area contributed by atoms with Crippen molar-refractivity contribution in [1.29, 1.82) is 0 Å². The van der Waals surface area contributed by atoms with Crippen LogP contribution < -0.4 is 5.73 Å². The van der Waals surface area contributed by atoms with Crippen LogP contribution in [0.5, 0.6) is 0 Å². The van der Waals surface area contributed by atoms with Gasteiger partial charge in [-0.15, -0.1) is 11.8 Å². The van der Waals surface area contributed by atoms with Crippen LogP contribution in [-0.2, 0) is 0 Å². The summed E-state index contributed by atoms with van der Waals surface area (Å²) in [5, 5.41) is 0. The van der Waals surface area contributed by atoms with Gasteiger partial charge in [0, 0.05) is 22.6 Å². The Hall–Kier alpha value is -1.03. The summed E-state index contributed by atoms with van der Waals surface area (Å²) >= 11 is 1.54. The molecule has 1 aliphatic heterocycles. The van der Waals surface area contributed by atoms with Gasteiger partial charge in [0.25, 0.3) is 0 Å². The summed E-state index contributed by atoms with van der Waals surface area (Å²) in [6, 6.07) is 2.55. The quantitative estimate of drug-likeness (QED) is 0.670. The number of carbonyl (C=O) groups is 1. The zero-order valence-electron chi connectivity index (χ0n) is 7.55. The Kier molecular flexibility index (Phi) is 2.46. The molecule has 1 aromatic rings. The van der Waals surface area contributed by atoms with Gasteiger partial charge in [-0.3, -0.25) is 4.79 Å². The summed E-state index contributed by atoms with van der Waals surface area (Å²) in [4.78, 5) is 12.3. The lowest BCUT2D eigenvalue weighted by Crippen LogP contribution is -2.02. The van der Waals surface area contributed by atoms with Crippen LogP contribution in [0, 0.1) is 5.82 Å². The summed E-state index contributed by atoms with van der Waals surface area (Å²) in [6.45, 7) is 0. The molecule has 4 heteroatoms. The van der Waals surface area contributed by atoms with E-state index in [0.717, 1.165) is 17.1 Å². The maximum Gasteiger partial charge on any atom is 0.164 e. The number of hydrogen-bond donors (Lipinski definition) is 1. The maximum absolute atomic E-state index is 13.0. The highest BCUT2D eigenvalue weighted by atomic mass is 32.2. The van der Waals surface area contributed by atoms with Crippen LogP contribution in [0.1, 0.15) is 23.2 Å². The first-order valence-corrected chi connectivity index (χ1v) is 5.42. The lowest BCUT2D eigenvalue weighted by atomic mass is 10.1. The monoisotopic (exact) mass is 211 g/mol. The number of nitrogens with two attached hydrogens (primary N) is 1. The number of Topliss-reactive ketones (excluding diaryl/α,β-unsaturated/α-hetero) is 1. The van der Waals surface area contributed by atoms with Gasteiger partial charge in [-0.25, -0.2) is 4.39 Å². The molecule has 0 amide bonds. The van der Waals surface area contributed by atoms with Crippen LogP contribution in [0.4, 0.5) is 10.1 Å². The molecule has 1 heterocycles. The van der Waals surface area contributed by atoms with Crippen LogP contribution >= 0.6 is 11.8 Å². The molecule has 2 nitrogen and oxygen atoms in total. The van der Waals surface area contributed by atoms with Crippen LogP contribution in [0.3, 0.4) is 0 Å². The molecule has 0 fully saturated rings. The highest BCUT2D eigenvalue weighted by Gasteiger charge is 2.19. The molecule has 2 rings (SSSR count). The smallest absolute Gasteiger partial charge is 0.164 e. The van der Waals surface area contributed by atoms with Crippen molar-refractivity contribution in [2.75, 3.05) is 11.5 Å².